The van der Waals surface area contributed by atoms with Crippen molar-refractivity contribution in [2.75, 3.05) is 7.11 Å². The van der Waals surface area contributed by atoms with Crippen molar-refractivity contribution in [2.45, 2.75) is 6.92 Å². The third-order valence-corrected chi connectivity index (χ3v) is 2.38. The van der Waals surface area contributed by atoms with Gasteiger partial charge in [0.1, 0.15) is 0 Å². The number of rotatable bonds is 2. The van der Waals surface area contributed by atoms with Gasteiger partial charge < -0.3 is 4.74 Å². The number of nitro groups is 1. The first kappa shape index (κ1) is 10.4. The molecule has 0 amide bonds. The normalized spacial score (nSPS) is 10.4. The van der Waals surface area contributed by atoms with Gasteiger partial charge in [0.25, 0.3) is 0 Å². The van der Waals surface area contributed by atoms with Crippen molar-refractivity contribution in [3.63, 3.8) is 0 Å². The Morgan fingerprint density at radius 1 is 1.44 bits per heavy atom. The SMILES string of the molecule is COc1ccc2cc(C)ncc2c1[N+](=O)[O-]. The first-order valence-electron chi connectivity index (χ1n) is 4.71. The number of hydrogen-bond donors (Lipinski definition) is 0. The number of fused-ring (bicyclic) bond motifs is 1. The van der Waals surface area contributed by atoms with Gasteiger partial charge in [-0.15, -0.1) is 0 Å². The van der Waals surface area contributed by atoms with Gasteiger partial charge in [0.15, 0.2) is 5.75 Å². The van der Waals surface area contributed by atoms with Crippen molar-refractivity contribution in [1.29, 1.82) is 0 Å². The molecule has 2 aromatic rings. The zero-order valence-corrected chi connectivity index (χ0v) is 8.93. The van der Waals surface area contributed by atoms with Gasteiger partial charge in [-0.1, -0.05) is 6.07 Å². The predicted octanol–water partition coefficient (Wildman–Crippen LogP) is 2.46. The molecule has 0 aliphatic rings. The van der Waals surface area contributed by atoms with E-state index in [4.69, 9.17) is 4.74 Å². The van der Waals surface area contributed by atoms with Crippen LogP contribution in [0.15, 0.2) is 24.4 Å². The average Bonchev–Trinajstić information content (AvgIpc) is 2.26. The summed E-state index contributed by atoms with van der Waals surface area (Å²) < 4.78 is 4.98. The number of aromatic nitrogens is 1. The van der Waals surface area contributed by atoms with Crippen molar-refractivity contribution >= 4 is 16.5 Å². The van der Waals surface area contributed by atoms with Crippen LogP contribution in [0.1, 0.15) is 5.69 Å². The second-order valence-electron chi connectivity index (χ2n) is 3.42. The molecule has 0 saturated carbocycles. The summed E-state index contributed by atoms with van der Waals surface area (Å²) in [5.74, 6) is 0.253. The molecule has 5 nitrogen and oxygen atoms in total. The lowest BCUT2D eigenvalue weighted by Crippen LogP contribution is -1.95. The van der Waals surface area contributed by atoms with E-state index in [1.54, 1.807) is 12.1 Å². The van der Waals surface area contributed by atoms with Crippen molar-refractivity contribution in [2.24, 2.45) is 0 Å². The topological polar surface area (TPSA) is 65.3 Å². The van der Waals surface area contributed by atoms with Gasteiger partial charge in [-0.2, -0.15) is 0 Å². The minimum Gasteiger partial charge on any atom is -0.490 e. The summed E-state index contributed by atoms with van der Waals surface area (Å²) in [5.41, 5.74) is 0.791. The number of ether oxygens (including phenoxy) is 1. The van der Waals surface area contributed by atoms with E-state index < -0.39 is 4.92 Å². The van der Waals surface area contributed by atoms with Crippen LogP contribution < -0.4 is 4.74 Å². The van der Waals surface area contributed by atoms with Crippen LogP contribution in [0.4, 0.5) is 5.69 Å². The fraction of sp³-hybridized carbons (Fsp3) is 0.182. The summed E-state index contributed by atoms with van der Waals surface area (Å²) >= 11 is 0. The number of benzene rings is 1. The van der Waals surface area contributed by atoms with Crippen LogP contribution in [0.25, 0.3) is 10.8 Å². The second-order valence-corrected chi connectivity index (χ2v) is 3.42. The smallest absolute Gasteiger partial charge is 0.320 e. The zero-order chi connectivity index (χ0) is 11.7. The molecule has 0 fully saturated rings. The van der Waals surface area contributed by atoms with Gasteiger partial charge >= 0.3 is 5.69 Å². The number of pyridine rings is 1. The molecule has 1 aromatic heterocycles. The maximum Gasteiger partial charge on any atom is 0.320 e. The predicted molar refractivity (Wildman–Crippen MR) is 59.7 cm³/mol. The third kappa shape index (κ3) is 1.56. The summed E-state index contributed by atoms with van der Waals surface area (Å²) in [6.45, 7) is 1.84. The minimum atomic E-state index is -0.446. The Hall–Kier alpha value is -2.17. The number of methoxy groups -OCH3 is 1. The highest BCUT2D eigenvalue weighted by Gasteiger charge is 2.19. The lowest BCUT2D eigenvalue weighted by molar-refractivity contribution is -0.383. The Bertz CT molecular complexity index is 566. The first-order valence-corrected chi connectivity index (χ1v) is 4.71. The molecule has 5 heteroatoms. The summed E-state index contributed by atoms with van der Waals surface area (Å²) in [6, 6.07) is 5.19. The highest BCUT2D eigenvalue weighted by Crippen LogP contribution is 2.34. The van der Waals surface area contributed by atoms with Crippen LogP contribution in [0.2, 0.25) is 0 Å². The van der Waals surface area contributed by atoms with Crippen molar-refractivity contribution < 1.29 is 9.66 Å². The molecular weight excluding hydrogens is 208 g/mol. The maximum atomic E-state index is 11.0. The molecule has 0 bridgehead atoms. The van der Waals surface area contributed by atoms with Crippen molar-refractivity contribution in [3.05, 3.63) is 40.2 Å². The standard InChI is InChI=1S/C11H10N2O3/c1-7-5-8-3-4-10(16-2)11(13(14)15)9(8)6-12-7/h3-6H,1-2H3. The molecule has 0 aliphatic heterocycles. The van der Waals surface area contributed by atoms with Gasteiger partial charge in [-0.05, 0) is 24.4 Å². The largest absolute Gasteiger partial charge is 0.490 e. The Morgan fingerprint density at radius 3 is 2.81 bits per heavy atom. The lowest BCUT2D eigenvalue weighted by atomic mass is 10.1. The summed E-state index contributed by atoms with van der Waals surface area (Å²) in [7, 11) is 1.41. The second kappa shape index (κ2) is 3.77. The fourth-order valence-corrected chi connectivity index (χ4v) is 1.65. The number of hydrogen-bond acceptors (Lipinski definition) is 4. The maximum absolute atomic E-state index is 11.0. The molecule has 82 valence electrons. The van der Waals surface area contributed by atoms with E-state index in [0.717, 1.165) is 11.1 Å². The molecule has 0 radical (unpaired) electrons. The Balaban J connectivity index is 2.84. The minimum absolute atomic E-state index is 0.0347. The Morgan fingerprint density at radius 2 is 2.19 bits per heavy atom. The Kier molecular flexibility index (Phi) is 2.44. The average molecular weight is 218 g/mol. The van der Waals surface area contributed by atoms with Crippen molar-refractivity contribution in [3.8, 4) is 5.75 Å². The zero-order valence-electron chi connectivity index (χ0n) is 8.93. The van der Waals surface area contributed by atoms with E-state index in [1.807, 2.05) is 13.0 Å². The van der Waals surface area contributed by atoms with Gasteiger partial charge in [-0.3, -0.25) is 15.1 Å². The first-order chi connectivity index (χ1) is 7.63. The van der Waals surface area contributed by atoms with Gasteiger partial charge in [0, 0.05) is 11.9 Å². The summed E-state index contributed by atoms with van der Waals surface area (Å²) in [4.78, 5) is 14.6. The third-order valence-electron chi connectivity index (χ3n) is 2.38. The van der Waals surface area contributed by atoms with E-state index in [2.05, 4.69) is 4.98 Å². The molecule has 1 heterocycles. The molecule has 0 saturated heterocycles. The molecule has 0 atom stereocenters. The Labute approximate surface area is 91.8 Å². The molecular formula is C11H10N2O3. The molecule has 1 aromatic carbocycles. The summed E-state index contributed by atoms with van der Waals surface area (Å²) in [5, 5.41) is 12.3. The number of aryl methyl sites for hydroxylation is 1. The number of nitro benzene ring substituents is 1. The van der Waals surface area contributed by atoms with Gasteiger partial charge in [0.2, 0.25) is 0 Å². The molecule has 0 N–H and O–H groups in total. The van der Waals surface area contributed by atoms with Crippen LogP contribution in [-0.4, -0.2) is 17.0 Å². The van der Waals surface area contributed by atoms with E-state index >= 15 is 0 Å². The summed E-state index contributed by atoms with van der Waals surface area (Å²) in [6.07, 6.45) is 1.51. The van der Waals surface area contributed by atoms with Crippen LogP contribution in [-0.2, 0) is 0 Å². The highest BCUT2D eigenvalue weighted by atomic mass is 16.6. The van der Waals surface area contributed by atoms with E-state index in [0.29, 0.717) is 5.39 Å². The van der Waals surface area contributed by atoms with E-state index in [9.17, 15) is 10.1 Å². The highest BCUT2D eigenvalue weighted by molar-refractivity contribution is 5.93. The van der Waals surface area contributed by atoms with Gasteiger partial charge in [-0.25, -0.2) is 0 Å². The van der Waals surface area contributed by atoms with Gasteiger partial charge in [0.05, 0.1) is 17.4 Å². The van der Waals surface area contributed by atoms with Crippen LogP contribution in [0, 0.1) is 17.0 Å². The molecule has 0 aliphatic carbocycles. The quantitative estimate of drug-likeness (QED) is 0.573. The number of nitrogens with zero attached hydrogens (tertiary/aromatic N) is 2. The molecule has 16 heavy (non-hydrogen) atoms. The molecule has 2 rings (SSSR count). The van der Waals surface area contributed by atoms with E-state index in [1.165, 1.54) is 13.3 Å². The fourth-order valence-electron chi connectivity index (χ4n) is 1.65. The van der Waals surface area contributed by atoms with Crippen LogP contribution in [0.3, 0.4) is 0 Å². The molecule has 0 unspecified atom stereocenters. The monoisotopic (exact) mass is 218 g/mol. The van der Waals surface area contributed by atoms with Crippen LogP contribution >= 0.6 is 0 Å². The van der Waals surface area contributed by atoms with Crippen LogP contribution in [0.5, 0.6) is 5.75 Å². The molecule has 0 spiro atoms. The lowest BCUT2D eigenvalue weighted by Gasteiger charge is -2.05. The van der Waals surface area contributed by atoms with E-state index in [-0.39, 0.29) is 11.4 Å². The van der Waals surface area contributed by atoms with Crippen molar-refractivity contribution in [1.82, 2.24) is 4.98 Å².